The van der Waals surface area contributed by atoms with Crippen LogP contribution < -0.4 is 15.4 Å². The van der Waals surface area contributed by atoms with Crippen LogP contribution in [0.2, 0.25) is 0 Å². The molecule has 1 amide bonds. The van der Waals surface area contributed by atoms with Crippen molar-refractivity contribution in [3.8, 4) is 17.1 Å². The number of carbonyl (C=O) groups is 2. The number of carbonyl (C=O) groups excluding carboxylic acids is 1. The third-order valence-corrected chi connectivity index (χ3v) is 5.32. The standard InChI is InChI=1S/C26H28F3N5O4/c1-16(2)13-20(32-19-6-3-17(4-7-19)25(37)30-12-11-24(35)36)15-38-23-10-5-18(14-31-23)21-8-9-22(34-33-21)26(27,28)29/h3-10,14,16,20,32H,11-13,15H2,1-2H3,(H,30,37)(H,35,36). The molecular formula is C26H28F3N5O4. The number of anilines is 1. The summed E-state index contributed by atoms with van der Waals surface area (Å²) < 4.78 is 43.9. The van der Waals surface area contributed by atoms with E-state index in [2.05, 4.69) is 39.7 Å². The molecule has 1 aromatic carbocycles. The molecule has 0 radical (unpaired) electrons. The number of benzene rings is 1. The fourth-order valence-electron chi connectivity index (χ4n) is 3.52. The van der Waals surface area contributed by atoms with Crippen molar-refractivity contribution in [1.29, 1.82) is 0 Å². The molecule has 0 aliphatic rings. The van der Waals surface area contributed by atoms with Crippen molar-refractivity contribution in [1.82, 2.24) is 20.5 Å². The van der Waals surface area contributed by atoms with Gasteiger partial charge in [0.2, 0.25) is 5.88 Å². The number of carboxylic acids is 1. The molecule has 9 nitrogen and oxygen atoms in total. The molecule has 2 heterocycles. The average Bonchev–Trinajstić information content (AvgIpc) is 2.87. The SMILES string of the molecule is CC(C)CC(COc1ccc(-c2ccc(C(F)(F)F)nn2)cn1)Nc1ccc(C(=O)NCCC(=O)O)cc1. The summed E-state index contributed by atoms with van der Waals surface area (Å²) in [5, 5.41) is 21.5. The molecule has 3 aromatic rings. The summed E-state index contributed by atoms with van der Waals surface area (Å²) in [5.74, 6) is -0.624. The summed E-state index contributed by atoms with van der Waals surface area (Å²) in [7, 11) is 0. The molecule has 1 unspecified atom stereocenters. The molecule has 0 aliphatic carbocycles. The summed E-state index contributed by atoms with van der Waals surface area (Å²) in [5.41, 5.74) is 0.898. The molecule has 0 bridgehead atoms. The summed E-state index contributed by atoms with van der Waals surface area (Å²) in [6, 6.07) is 12.1. The number of aromatic nitrogens is 3. The lowest BCUT2D eigenvalue weighted by Crippen LogP contribution is -2.29. The lowest BCUT2D eigenvalue weighted by Gasteiger charge is -2.22. The number of nitrogens with one attached hydrogen (secondary N) is 2. The summed E-state index contributed by atoms with van der Waals surface area (Å²) >= 11 is 0. The minimum atomic E-state index is -4.55. The molecule has 1 atom stereocenters. The van der Waals surface area contributed by atoms with Crippen molar-refractivity contribution in [3.05, 3.63) is 66.0 Å². The van der Waals surface area contributed by atoms with Crippen molar-refractivity contribution in [2.24, 2.45) is 5.92 Å². The van der Waals surface area contributed by atoms with Gasteiger partial charge in [0.05, 0.1) is 18.2 Å². The van der Waals surface area contributed by atoms with Crippen LogP contribution in [0.3, 0.4) is 0 Å². The van der Waals surface area contributed by atoms with E-state index >= 15 is 0 Å². The molecule has 0 aliphatic heterocycles. The van der Waals surface area contributed by atoms with Crippen LogP contribution in [-0.2, 0) is 11.0 Å². The lowest BCUT2D eigenvalue weighted by atomic mass is 10.0. The first-order chi connectivity index (χ1) is 18.0. The van der Waals surface area contributed by atoms with Gasteiger partial charge in [0.25, 0.3) is 5.91 Å². The molecule has 0 saturated carbocycles. The molecule has 2 aromatic heterocycles. The summed E-state index contributed by atoms with van der Waals surface area (Å²) in [4.78, 5) is 26.9. The number of halogens is 3. The van der Waals surface area contributed by atoms with Gasteiger partial charge in [0.1, 0.15) is 6.61 Å². The Morgan fingerprint density at radius 3 is 2.32 bits per heavy atom. The summed E-state index contributed by atoms with van der Waals surface area (Å²) in [6.45, 7) is 4.51. The normalized spacial score (nSPS) is 12.2. The van der Waals surface area contributed by atoms with E-state index in [0.717, 1.165) is 18.2 Å². The van der Waals surface area contributed by atoms with Gasteiger partial charge in [0.15, 0.2) is 5.69 Å². The maximum Gasteiger partial charge on any atom is 0.435 e. The second kappa shape index (κ2) is 12.8. The van der Waals surface area contributed by atoms with Crippen molar-refractivity contribution in [2.45, 2.75) is 38.9 Å². The second-order valence-electron chi connectivity index (χ2n) is 8.95. The minimum Gasteiger partial charge on any atom is -0.481 e. The Balaban J connectivity index is 1.57. The van der Waals surface area contributed by atoms with E-state index in [9.17, 15) is 22.8 Å². The van der Waals surface area contributed by atoms with Crippen LogP contribution in [0.15, 0.2) is 54.7 Å². The topological polar surface area (TPSA) is 126 Å². The number of ether oxygens (including phenoxy) is 1. The molecule has 3 N–H and O–H groups in total. The van der Waals surface area contributed by atoms with Crippen LogP contribution in [0.4, 0.5) is 18.9 Å². The van der Waals surface area contributed by atoms with Crippen LogP contribution >= 0.6 is 0 Å². The highest BCUT2D eigenvalue weighted by Crippen LogP contribution is 2.28. The van der Waals surface area contributed by atoms with E-state index in [0.29, 0.717) is 29.5 Å². The first kappa shape index (κ1) is 28.4. The highest BCUT2D eigenvalue weighted by Gasteiger charge is 2.32. The highest BCUT2D eigenvalue weighted by molar-refractivity contribution is 5.94. The van der Waals surface area contributed by atoms with Gasteiger partial charge in [-0.05, 0) is 54.8 Å². The van der Waals surface area contributed by atoms with Gasteiger partial charge in [-0.15, -0.1) is 10.2 Å². The van der Waals surface area contributed by atoms with Gasteiger partial charge < -0.3 is 20.5 Å². The fraction of sp³-hybridized carbons (Fsp3) is 0.346. The Kier molecular flexibility index (Phi) is 9.58. The monoisotopic (exact) mass is 531 g/mol. The lowest BCUT2D eigenvalue weighted by molar-refractivity contribution is -0.141. The molecule has 3 rings (SSSR count). The van der Waals surface area contributed by atoms with Crippen molar-refractivity contribution < 1.29 is 32.6 Å². The van der Waals surface area contributed by atoms with Crippen LogP contribution in [0.1, 0.15) is 42.7 Å². The highest BCUT2D eigenvalue weighted by atomic mass is 19.4. The van der Waals surface area contributed by atoms with Crippen LogP contribution in [-0.4, -0.2) is 51.4 Å². The van der Waals surface area contributed by atoms with E-state index in [4.69, 9.17) is 9.84 Å². The first-order valence-corrected chi connectivity index (χ1v) is 11.9. The van der Waals surface area contributed by atoms with Crippen molar-refractivity contribution >= 4 is 17.6 Å². The quantitative estimate of drug-likeness (QED) is 0.308. The number of nitrogens with zero attached hydrogens (tertiary/aromatic N) is 3. The molecule has 0 spiro atoms. The number of hydrogen-bond donors (Lipinski definition) is 3. The molecule has 0 saturated heterocycles. The second-order valence-corrected chi connectivity index (χ2v) is 8.95. The zero-order chi connectivity index (χ0) is 27.7. The zero-order valence-electron chi connectivity index (χ0n) is 20.8. The molecule has 202 valence electrons. The van der Waals surface area contributed by atoms with Gasteiger partial charge in [-0.1, -0.05) is 13.8 Å². The van der Waals surface area contributed by atoms with Gasteiger partial charge in [-0.2, -0.15) is 13.2 Å². The number of amides is 1. The summed E-state index contributed by atoms with van der Waals surface area (Å²) in [6.07, 6.45) is -2.46. The smallest absolute Gasteiger partial charge is 0.435 e. The number of aliphatic carboxylic acids is 1. The van der Waals surface area contributed by atoms with Gasteiger partial charge >= 0.3 is 12.1 Å². The Bertz CT molecular complexity index is 1200. The predicted octanol–water partition coefficient (Wildman–Crippen LogP) is 4.67. The Morgan fingerprint density at radius 2 is 1.76 bits per heavy atom. The molecule has 12 heteroatoms. The van der Waals surface area contributed by atoms with Crippen LogP contribution in [0.25, 0.3) is 11.3 Å². The van der Waals surface area contributed by atoms with Gasteiger partial charge in [-0.3, -0.25) is 9.59 Å². The average molecular weight is 532 g/mol. The number of hydrogen-bond acceptors (Lipinski definition) is 7. The Labute approximate surface area is 217 Å². The number of carboxylic acid groups (broad SMARTS) is 1. The van der Waals surface area contributed by atoms with Crippen LogP contribution in [0.5, 0.6) is 5.88 Å². The van der Waals surface area contributed by atoms with Crippen molar-refractivity contribution in [2.75, 3.05) is 18.5 Å². The third-order valence-electron chi connectivity index (χ3n) is 5.32. The molecule has 38 heavy (non-hydrogen) atoms. The van der Waals surface area contributed by atoms with Crippen molar-refractivity contribution in [3.63, 3.8) is 0 Å². The van der Waals surface area contributed by atoms with Gasteiger partial charge in [-0.25, -0.2) is 4.98 Å². The van der Waals surface area contributed by atoms with Crippen LogP contribution in [0, 0.1) is 5.92 Å². The van der Waals surface area contributed by atoms with E-state index in [1.54, 1.807) is 36.4 Å². The molecular weight excluding hydrogens is 503 g/mol. The minimum absolute atomic E-state index is 0.0503. The van der Waals surface area contributed by atoms with E-state index in [-0.39, 0.29) is 30.6 Å². The Morgan fingerprint density at radius 1 is 1.03 bits per heavy atom. The molecule has 0 fully saturated rings. The third kappa shape index (κ3) is 8.71. The predicted molar refractivity (Wildman–Crippen MR) is 134 cm³/mol. The first-order valence-electron chi connectivity index (χ1n) is 11.9. The van der Waals surface area contributed by atoms with Gasteiger partial charge in [0, 0.05) is 35.6 Å². The van der Waals surface area contributed by atoms with E-state index < -0.39 is 17.8 Å². The maximum atomic E-state index is 12.7. The maximum absolute atomic E-state index is 12.7. The van der Waals surface area contributed by atoms with E-state index in [1.165, 1.54) is 12.3 Å². The number of pyridine rings is 1. The zero-order valence-corrected chi connectivity index (χ0v) is 20.8. The number of rotatable bonds is 12. The number of alkyl halides is 3. The largest absolute Gasteiger partial charge is 0.481 e. The van der Waals surface area contributed by atoms with E-state index in [1.807, 2.05) is 0 Å². The fourth-order valence-corrected chi connectivity index (χ4v) is 3.52. The Hall–Kier alpha value is -4.22.